The molecule has 10 nitrogen and oxygen atoms in total. The normalized spacial score (nSPS) is 24.8. The molecule has 1 aromatic heterocycles. The van der Waals surface area contributed by atoms with E-state index in [9.17, 15) is 19.2 Å². The first-order valence-corrected chi connectivity index (χ1v) is 21.5. The third-order valence-electron chi connectivity index (χ3n) is 13.7. The van der Waals surface area contributed by atoms with Crippen molar-refractivity contribution in [2.45, 2.75) is 101 Å². The van der Waals surface area contributed by atoms with Crippen LogP contribution in [0.4, 0.5) is 5.69 Å². The number of imide groups is 1. The zero-order valence-corrected chi connectivity index (χ0v) is 33.9. The van der Waals surface area contributed by atoms with Crippen molar-refractivity contribution in [2.75, 3.05) is 37.6 Å². The van der Waals surface area contributed by atoms with E-state index in [2.05, 4.69) is 66.5 Å². The topological polar surface area (TPSA) is 108 Å². The molecule has 3 amide bonds. The van der Waals surface area contributed by atoms with Crippen LogP contribution in [0.2, 0.25) is 0 Å². The largest absolute Gasteiger partial charge is 0.369 e. The van der Waals surface area contributed by atoms with Gasteiger partial charge in [-0.15, -0.1) is 0 Å². The summed E-state index contributed by atoms with van der Waals surface area (Å²) < 4.78 is 2.86. The molecule has 2 saturated carbocycles. The van der Waals surface area contributed by atoms with Crippen molar-refractivity contribution in [1.82, 2.24) is 24.7 Å². The zero-order valence-electron chi connectivity index (χ0n) is 32.3. The summed E-state index contributed by atoms with van der Waals surface area (Å²) in [5.41, 5.74) is 7.65. The lowest BCUT2D eigenvalue weighted by atomic mass is 9.69. The fourth-order valence-corrected chi connectivity index (χ4v) is 11.2. The van der Waals surface area contributed by atoms with E-state index < -0.39 is 6.04 Å². The van der Waals surface area contributed by atoms with Crippen LogP contribution in [0, 0.1) is 5.92 Å². The highest BCUT2D eigenvalue weighted by Crippen LogP contribution is 2.52. The maximum Gasteiger partial charge on any atom is 0.281 e. The van der Waals surface area contributed by atoms with Crippen LogP contribution in [0.25, 0.3) is 16.2 Å². The Labute approximate surface area is 337 Å². The number of nitrogens with zero attached hydrogens (tertiary/aromatic N) is 5. The first kappa shape index (κ1) is 37.2. The third-order valence-corrected chi connectivity index (χ3v) is 14.1. The van der Waals surface area contributed by atoms with E-state index in [1.165, 1.54) is 48.9 Å². The summed E-state index contributed by atoms with van der Waals surface area (Å²) in [6.07, 6.45) is 15.0. The Kier molecular flexibility index (Phi) is 9.88. The second-order valence-corrected chi connectivity index (χ2v) is 17.9. The van der Waals surface area contributed by atoms with Crippen LogP contribution in [0.3, 0.4) is 0 Å². The average Bonchev–Trinajstić information content (AvgIpc) is 3.65. The number of carbonyl (C=O) groups excluding carboxylic acids is 3. The van der Waals surface area contributed by atoms with Gasteiger partial charge in [0.1, 0.15) is 11.9 Å². The number of hydrogen-bond acceptors (Lipinski definition) is 7. The van der Waals surface area contributed by atoms with Gasteiger partial charge in [0.2, 0.25) is 11.8 Å². The van der Waals surface area contributed by atoms with E-state index in [-0.39, 0.29) is 35.1 Å². The highest BCUT2D eigenvalue weighted by Gasteiger charge is 2.47. The Morgan fingerprint density at radius 3 is 2.45 bits per heavy atom. The molecule has 0 bridgehead atoms. The predicted molar refractivity (Wildman–Crippen MR) is 222 cm³/mol. The van der Waals surface area contributed by atoms with Crippen molar-refractivity contribution in [2.24, 2.45) is 5.92 Å². The third kappa shape index (κ3) is 6.39. The number of halogens is 1. The molecule has 2 aromatic carbocycles. The van der Waals surface area contributed by atoms with Gasteiger partial charge >= 0.3 is 0 Å². The molecular formula is C45H51BrN6O4. The first-order chi connectivity index (χ1) is 27.1. The minimum Gasteiger partial charge on any atom is -0.369 e. The number of rotatable bonds is 7. The fourth-order valence-electron chi connectivity index (χ4n) is 10.8. The molecule has 3 aromatic rings. The van der Waals surface area contributed by atoms with Crippen molar-refractivity contribution in [1.29, 1.82) is 0 Å². The van der Waals surface area contributed by atoms with Crippen LogP contribution in [-0.4, -0.2) is 75.8 Å². The van der Waals surface area contributed by atoms with Crippen LogP contribution in [0.15, 0.2) is 53.8 Å². The smallest absolute Gasteiger partial charge is 0.281 e. The molecule has 2 aliphatic carbocycles. The number of piperidine rings is 1. The SMILES string of the molecule is C=C(Br)c1c(/C=C\C)n2c(nc1=O)C1(CCCCC1)c1ccc(C3CCC(CN4CCN(c5ccc6c(c5)CN(C5CCC(=O)NC5=O)C6=O)CC4)CC3)cc1-2. The molecular weight excluding hydrogens is 768 g/mol. The van der Waals surface area contributed by atoms with Gasteiger partial charge in [-0.25, -0.2) is 0 Å². The van der Waals surface area contributed by atoms with Gasteiger partial charge in [-0.2, -0.15) is 4.98 Å². The Hall–Kier alpha value is -4.35. The number of carbonyl (C=O) groups is 3. The van der Waals surface area contributed by atoms with E-state index >= 15 is 0 Å². The van der Waals surface area contributed by atoms with Gasteiger partial charge < -0.3 is 9.80 Å². The monoisotopic (exact) mass is 818 g/mol. The maximum atomic E-state index is 13.5. The van der Waals surface area contributed by atoms with Gasteiger partial charge in [-0.05, 0) is 111 Å². The van der Waals surface area contributed by atoms with Gasteiger partial charge in [0.25, 0.3) is 11.5 Å². The Balaban J connectivity index is 0.841. The molecule has 292 valence electrons. The van der Waals surface area contributed by atoms with Crippen molar-refractivity contribution < 1.29 is 14.4 Å². The summed E-state index contributed by atoms with van der Waals surface area (Å²) in [4.78, 5) is 62.3. The van der Waals surface area contributed by atoms with E-state index in [0.29, 0.717) is 40.4 Å². The quantitative estimate of drug-likeness (QED) is 0.255. The molecule has 0 radical (unpaired) electrons. The molecule has 1 N–H and O–H groups in total. The minimum atomic E-state index is -0.592. The Bertz CT molecular complexity index is 2210. The van der Waals surface area contributed by atoms with Crippen LogP contribution in [0.5, 0.6) is 0 Å². The van der Waals surface area contributed by atoms with Gasteiger partial charge in [0, 0.05) is 61.4 Å². The summed E-state index contributed by atoms with van der Waals surface area (Å²) in [5.74, 6) is 1.34. The maximum absolute atomic E-state index is 13.5. The molecule has 4 fully saturated rings. The van der Waals surface area contributed by atoms with Crippen molar-refractivity contribution in [3.63, 3.8) is 0 Å². The second-order valence-electron chi connectivity index (χ2n) is 16.9. The first-order valence-electron chi connectivity index (χ1n) is 20.7. The van der Waals surface area contributed by atoms with Crippen LogP contribution in [0.1, 0.15) is 128 Å². The standard InChI is InChI=1S/C45H51BrN6O4/c1-3-7-36-40(28(2)46)42(55)48-44-45(18-5-4-6-19-45)35-15-12-31(25-38(35)52(36)44)30-10-8-29(9-11-30)26-49-20-22-50(23-21-49)33-13-14-34-32(24-33)27-51(43(34)56)37-16-17-39(53)47-41(37)54/h3,7,12-15,24-25,29-30,37H,2,4-6,8-11,16-23,26-27H2,1H3,(H,47,53,54)/b7-3-. The number of nitrogens with one attached hydrogen (secondary N) is 1. The molecule has 11 heteroatoms. The molecule has 1 spiro atoms. The number of fused-ring (bicyclic) bond motifs is 6. The van der Waals surface area contributed by atoms with Crippen molar-refractivity contribution in [3.05, 3.63) is 98.7 Å². The molecule has 9 rings (SSSR count). The number of aromatic nitrogens is 2. The van der Waals surface area contributed by atoms with E-state index in [1.807, 2.05) is 31.2 Å². The fraction of sp³-hybridized carbons (Fsp3) is 0.489. The van der Waals surface area contributed by atoms with Crippen LogP contribution in [-0.2, 0) is 21.5 Å². The van der Waals surface area contributed by atoms with Crippen molar-refractivity contribution in [3.8, 4) is 5.69 Å². The molecule has 4 aliphatic heterocycles. The number of hydrogen-bond donors (Lipinski definition) is 1. The summed E-state index contributed by atoms with van der Waals surface area (Å²) >= 11 is 3.53. The lowest BCUT2D eigenvalue weighted by Crippen LogP contribution is -2.52. The van der Waals surface area contributed by atoms with E-state index in [0.717, 1.165) is 81.2 Å². The molecule has 2 saturated heterocycles. The highest BCUT2D eigenvalue weighted by atomic mass is 79.9. The molecule has 5 heterocycles. The number of piperazine rings is 1. The predicted octanol–water partition coefficient (Wildman–Crippen LogP) is 7.05. The zero-order chi connectivity index (χ0) is 38.7. The summed E-state index contributed by atoms with van der Waals surface area (Å²) in [7, 11) is 0. The van der Waals surface area contributed by atoms with E-state index in [1.54, 1.807) is 4.90 Å². The van der Waals surface area contributed by atoms with Gasteiger partial charge in [-0.3, -0.25) is 34.0 Å². The van der Waals surface area contributed by atoms with Gasteiger partial charge in [0.05, 0.1) is 22.4 Å². The number of benzene rings is 2. The van der Waals surface area contributed by atoms with Crippen LogP contribution >= 0.6 is 15.9 Å². The molecule has 1 unspecified atom stereocenters. The number of allylic oxidation sites excluding steroid dienone is 1. The molecule has 6 aliphatic rings. The number of anilines is 1. The van der Waals surface area contributed by atoms with Crippen molar-refractivity contribution >= 4 is 49.9 Å². The second kappa shape index (κ2) is 14.9. The molecule has 56 heavy (non-hydrogen) atoms. The average molecular weight is 820 g/mol. The Morgan fingerprint density at radius 1 is 0.964 bits per heavy atom. The minimum absolute atomic E-state index is 0.126. The number of amides is 3. The van der Waals surface area contributed by atoms with Gasteiger partial charge in [-0.1, -0.05) is 60.0 Å². The summed E-state index contributed by atoms with van der Waals surface area (Å²) in [6, 6.07) is 12.7. The van der Waals surface area contributed by atoms with E-state index in [4.69, 9.17) is 4.98 Å². The summed E-state index contributed by atoms with van der Waals surface area (Å²) in [6.45, 7) is 11.5. The van der Waals surface area contributed by atoms with Crippen LogP contribution < -0.4 is 15.8 Å². The molecule has 1 atom stereocenters. The lowest BCUT2D eigenvalue weighted by molar-refractivity contribution is -0.136. The Morgan fingerprint density at radius 2 is 1.73 bits per heavy atom. The van der Waals surface area contributed by atoms with Gasteiger partial charge in [0.15, 0.2) is 0 Å². The highest BCUT2D eigenvalue weighted by molar-refractivity contribution is 9.15. The lowest BCUT2D eigenvalue weighted by Gasteiger charge is -2.39. The summed E-state index contributed by atoms with van der Waals surface area (Å²) in [5, 5.41) is 2.39.